The first kappa shape index (κ1) is 13.9. The van der Waals surface area contributed by atoms with Gasteiger partial charge in [0, 0.05) is 31.3 Å². The summed E-state index contributed by atoms with van der Waals surface area (Å²) in [7, 11) is 4.01. The molecule has 1 aromatic carbocycles. The Bertz CT molecular complexity index is 700. The van der Waals surface area contributed by atoms with Gasteiger partial charge in [-0.2, -0.15) is 5.10 Å². The van der Waals surface area contributed by atoms with E-state index >= 15 is 0 Å². The largest absolute Gasteiger partial charge is 0.469 e. The molecule has 0 bridgehead atoms. The lowest BCUT2D eigenvalue weighted by atomic mass is 10.0. The minimum atomic E-state index is 0.397. The van der Waals surface area contributed by atoms with E-state index in [4.69, 9.17) is 4.42 Å². The van der Waals surface area contributed by atoms with Crippen molar-refractivity contribution in [2.45, 2.75) is 25.3 Å². The third kappa shape index (κ3) is 3.00. The molecule has 2 heterocycles. The Morgan fingerprint density at radius 1 is 1.24 bits per heavy atom. The van der Waals surface area contributed by atoms with Crippen molar-refractivity contribution >= 4 is 10.9 Å². The molecule has 0 saturated carbocycles. The standard InChI is InChI=1S/C17H21N3O/c1-18-13(9-10-14-6-5-11-21-14)12-16-15-7-3-4-8-17(15)20(2)19-16/h3-8,11,13,18H,9-10,12H2,1-2H3. The van der Waals surface area contributed by atoms with Crippen LogP contribution in [0.3, 0.4) is 0 Å². The third-order valence-electron chi connectivity index (χ3n) is 4.00. The van der Waals surface area contributed by atoms with Crippen LogP contribution in [0, 0.1) is 0 Å². The van der Waals surface area contributed by atoms with Gasteiger partial charge in [0.05, 0.1) is 17.5 Å². The molecule has 3 aromatic rings. The quantitative estimate of drug-likeness (QED) is 0.756. The van der Waals surface area contributed by atoms with Crippen LogP contribution in [0.1, 0.15) is 17.9 Å². The van der Waals surface area contributed by atoms with Crippen molar-refractivity contribution in [2.75, 3.05) is 7.05 Å². The second-order valence-corrected chi connectivity index (χ2v) is 5.40. The SMILES string of the molecule is CNC(CCc1ccco1)Cc1nn(C)c2ccccc12. The molecule has 0 saturated heterocycles. The number of aromatic nitrogens is 2. The van der Waals surface area contributed by atoms with Crippen LogP contribution in [-0.4, -0.2) is 22.9 Å². The molecule has 4 heteroatoms. The Balaban J connectivity index is 1.73. The summed E-state index contributed by atoms with van der Waals surface area (Å²) in [6.07, 6.45) is 4.65. The van der Waals surface area contributed by atoms with Crippen LogP contribution < -0.4 is 5.32 Å². The van der Waals surface area contributed by atoms with E-state index in [1.165, 1.54) is 10.9 Å². The van der Waals surface area contributed by atoms with E-state index in [1.807, 2.05) is 30.9 Å². The highest BCUT2D eigenvalue weighted by atomic mass is 16.3. The fraction of sp³-hybridized carbons (Fsp3) is 0.353. The molecule has 1 atom stereocenters. The van der Waals surface area contributed by atoms with Gasteiger partial charge in [-0.3, -0.25) is 4.68 Å². The molecular weight excluding hydrogens is 262 g/mol. The first-order chi connectivity index (χ1) is 10.3. The summed E-state index contributed by atoms with van der Waals surface area (Å²) in [5, 5.41) is 9.32. The van der Waals surface area contributed by atoms with E-state index in [2.05, 4.69) is 34.7 Å². The molecule has 0 aliphatic carbocycles. The van der Waals surface area contributed by atoms with E-state index in [9.17, 15) is 0 Å². The molecule has 0 spiro atoms. The van der Waals surface area contributed by atoms with Crippen molar-refractivity contribution in [1.82, 2.24) is 15.1 Å². The number of furan rings is 1. The van der Waals surface area contributed by atoms with E-state index in [0.717, 1.165) is 30.7 Å². The van der Waals surface area contributed by atoms with Gasteiger partial charge in [-0.05, 0) is 31.7 Å². The molecule has 0 aliphatic rings. The third-order valence-corrected chi connectivity index (χ3v) is 4.00. The van der Waals surface area contributed by atoms with Crippen molar-refractivity contribution in [2.24, 2.45) is 7.05 Å². The summed E-state index contributed by atoms with van der Waals surface area (Å²) >= 11 is 0. The van der Waals surface area contributed by atoms with Crippen LogP contribution in [0.15, 0.2) is 47.1 Å². The Kier molecular flexibility index (Phi) is 4.06. The summed E-state index contributed by atoms with van der Waals surface area (Å²) in [5.74, 6) is 1.04. The Hall–Kier alpha value is -2.07. The number of para-hydroxylation sites is 1. The number of hydrogen-bond acceptors (Lipinski definition) is 3. The maximum Gasteiger partial charge on any atom is 0.103 e. The molecular formula is C17H21N3O. The van der Waals surface area contributed by atoms with Gasteiger partial charge >= 0.3 is 0 Å². The van der Waals surface area contributed by atoms with Gasteiger partial charge in [0.25, 0.3) is 0 Å². The van der Waals surface area contributed by atoms with Crippen molar-refractivity contribution in [1.29, 1.82) is 0 Å². The Morgan fingerprint density at radius 2 is 2.10 bits per heavy atom. The number of likely N-dealkylation sites (N-methyl/N-ethyl adjacent to an activating group) is 1. The molecule has 1 N–H and O–H groups in total. The number of nitrogens with zero attached hydrogens (tertiary/aromatic N) is 2. The minimum absolute atomic E-state index is 0.397. The lowest BCUT2D eigenvalue weighted by molar-refractivity contribution is 0.458. The fourth-order valence-corrected chi connectivity index (χ4v) is 2.79. The van der Waals surface area contributed by atoms with Gasteiger partial charge in [-0.25, -0.2) is 0 Å². The summed E-state index contributed by atoms with van der Waals surface area (Å²) in [6.45, 7) is 0. The average molecular weight is 283 g/mol. The van der Waals surface area contributed by atoms with Gasteiger partial charge in [-0.1, -0.05) is 18.2 Å². The zero-order valence-electron chi connectivity index (χ0n) is 12.5. The topological polar surface area (TPSA) is 43.0 Å². The van der Waals surface area contributed by atoms with Crippen molar-refractivity contribution in [3.05, 3.63) is 54.1 Å². The monoisotopic (exact) mass is 283 g/mol. The lowest BCUT2D eigenvalue weighted by Crippen LogP contribution is -2.28. The zero-order chi connectivity index (χ0) is 14.7. The number of aryl methyl sites for hydroxylation is 2. The maximum absolute atomic E-state index is 5.41. The summed E-state index contributed by atoms with van der Waals surface area (Å²) in [4.78, 5) is 0. The highest BCUT2D eigenvalue weighted by Gasteiger charge is 2.14. The molecule has 4 nitrogen and oxygen atoms in total. The predicted octanol–water partition coefficient (Wildman–Crippen LogP) is 2.93. The van der Waals surface area contributed by atoms with E-state index in [-0.39, 0.29) is 0 Å². The molecule has 0 fully saturated rings. The van der Waals surface area contributed by atoms with E-state index in [1.54, 1.807) is 6.26 Å². The summed E-state index contributed by atoms with van der Waals surface area (Å²) in [6, 6.07) is 12.8. The molecule has 3 rings (SSSR count). The normalized spacial score (nSPS) is 12.9. The van der Waals surface area contributed by atoms with Crippen LogP contribution in [0.4, 0.5) is 0 Å². The average Bonchev–Trinajstić information content (AvgIpc) is 3.13. The van der Waals surface area contributed by atoms with Gasteiger partial charge in [0.1, 0.15) is 5.76 Å². The predicted molar refractivity (Wildman–Crippen MR) is 84.3 cm³/mol. The van der Waals surface area contributed by atoms with Crippen LogP contribution in [-0.2, 0) is 19.9 Å². The highest BCUT2D eigenvalue weighted by molar-refractivity contribution is 5.81. The van der Waals surface area contributed by atoms with Crippen molar-refractivity contribution in [3.8, 4) is 0 Å². The van der Waals surface area contributed by atoms with Crippen LogP contribution >= 0.6 is 0 Å². The second-order valence-electron chi connectivity index (χ2n) is 5.40. The number of fused-ring (bicyclic) bond motifs is 1. The second kappa shape index (κ2) is 6.14. The molecule has 110 valence electrons. The first-order valence-electron chi connectivity index (χ1n) is 7.38. The molecule has 21 heavy (non-hydrogen) atoms. The summed E-state index contributed by atoms with van der Waals surface area (Å²) in [5.41, 5.74) is 2.35. The van der Waals surface area contributed by atoms with Gasteiger partial charge < -0.3 is 9.73 Å². The molecule has 1 unspecified atom stereocenters. The number of benzene rings is 1. The zero-order valence-corrected chi connectivity index (χ0v) is 12.5. The number of hydrogen-bond donors (Lipinski definition) is 1. The van der Waals surface area contributed by atoms with Crippen molar-refractivity contribution < 1.29 is 4.42 Å². The van der Waals surface area contributed by atoms with Crippen LogP contribution in [0.5, 0.6) is 0 Å². The van der Waals surface area contributed by atoms with E-state index < -0.39 is 0 Å². The van der Waals surface area contributed by atoms with E-state index in [0.29, 0.717) is 6.04 Å². The number of nitrogens with one attached hydrogen (secondary N) is 1. The fourth-order valence-electron chi connectivity index (χ4n) is 2.79. The van der Waals surface area contributed by atoms with Gasteiger partial charge in [0.2, 0.25) is 0 Å². The molecule has 2 aromatic heterocycles. The smallest absolute Gasteiger partial charge is 0.103 e. The minimum Gasteiger partial charge on any atom is -0.469 e. The van der Waals surface area contributed by atoms with Crippen molar-refractivity contribution in [3.63, 3.8) is 0 Å². The maximum atomic E-state index is 5.41. The van der Waals surface area contributed by atoms with Gasteiger partial charge in [-0.15, -0.1) is 0 Å². The highest BCUT2D eigenvalue weighted by Crippen LogP contribution is 2.19. The number of rotatable bonds is 6. The molecule has 0 amide bonds. The Morgan fingerprint density at radius 3 is 2.86 bits per heavy atom. The van der Waals surface area contributed by atoms with Gasteiger partial charge in [0.15, 0.2) is 0 Å². The lowest BCUT2D eigenvalue weighted by Gasteiger charge is -2.14. The summed E-state index contributed by atoms with van der Waals surface area (Å²) < 4.78 is 7.37. The van der Waals surface area contributed by atoms with Crippen LogP contribution in [0.25, 0.3) is 10.9 Å². The molecule has 0 aliphatic heterocycles. The molecule has 0 radical (unpaired) electrons. The Labute approximate surface area is 124 Å². The first-order valence-corrected chi connectivity index (χ1v) is 7.38. The van der Waals surface area contributed by atoms with Crippen LogP contribution in [0.2, 0.25) is 0 Å².